The van der Waals surface area contributed by atoms with Crippen LogP contribution in [0.4, 0.5) is 4.79 Å². The van der Waals surface area contributed by atoms with E-state index in [0.29, 0.717) is 10.7 Å². The maximum Gasteiger partial charge on any atom is 0.373 e. The van der Waals surface area contributed by atoms with Crippen molar-refractivity contribution < 1.29 is 23.5 Å². The highest BCUT2D eigenvalue weighted by molar-refractivity contribution is 8.18. The first-order valence-electron chi connectivity index (χ1n) is 10.5. The van der Waals surface area contributed by atoms with Crippen molar-refractivity contribution >= 4 is 35.0 Å². The van der Waals surface area contributed by atoms with E-state index < -0.39 is 11.9 Å². The van der Waals surface area contributed by atoms with Crippen LogP contribution in [-0.4, -0.2) is 33.7 Å². The second-order valence-corrected chi connectivity index (χ2v) is 8.70. The van der Waals surface area contributed by atoms with Gasteiger partial charge in [0.05, 0.1) is 18.6 Å². The zero-order chi connectivity index (χ0) is 23.7. The number of aromatic nitrogens is 1. The molecule has 8 heteroatoms. The molecule has 3 heterocycles. The third kappa shape index (κ3) is 4.39. The summed E-state index contributed by atoms with van der Waals surface area (Å²) in [6.45, 7) is 6.08. The minimum absolute atomic E-state index is 0.0226. The highest BCUT2D eigenvalue weighted by atomic mass is 32.2. The first-order chi connectivity index (χ1) is 15.8. The maximum absolute atomic E-state index is 12.9. The third-order valence-corrected chi connectivity index (χ3v) is 6.50. The van der Waals surface area contributed by atoms with Gasteiger partial charge in [0.25, 0.3) is 11.1 Å². The number of nitrogens with zero attached hydrogens (tertiary/aromatic N) is 2. The number of hydrogen-bond donors (Lipinski definition) is 0. The summed E-state index contributed by atoms with van der Waals surface area (Å²) >= 11 is 0.894. The number of aryl methyl sites for hydroxylation is 2. The summed E-state index contributed by atoms with van der Waals surface area (Å²) in [5, 5.41) is -0.383. The molecule has 2 amide bonds. The van der Waals surface area contributed by atoms with Crippen LogP contribution < -0.4 is 0 Å². The van der Waals surface area contributed by atoms with Crippen molar-refractivity contribution in [2.24, 2.45) is 0 Å². The first-order valence-corrected chi connectivity index (χ1v) is 11.3. The van der Waals surface area contributed by atoms with E-state index in [-0.39, 0.29) is 17.5 Å². The van der Waals surface area contributed by atoms with E-state index in [1.54, 1.807) is 12.1 Å². The van der Waals surface area contributed by atoms with Gasteiger partial charge in [0.1, 0.15) is 5.76 Å². The molecule has 33 heavy (non-hydrogen) atoms. The van der Waals surface area contributed by atoms with E-state index >= 15 is 0 Å². The predicted octanol–water partition coefficient (Wildman–Crippen LogP) is 5.27. The lowest BCUT2D eigenvalue weighted by Gasteiger charge is -2.10. The van der Waals surface area contributed by atoms with Crippen LogP contribution in [0.5, 0.6) is 0 Å². The molecule has 4 rings (SSSR count). The zero-order valence-electron chi connectivity index (χ0n) is 18.9. The number of carbonyl (C=O) groups excluding carboxylic acids is 3. The number of rotatable bonds is 6. The van der Waals surface area contributed by atoms with E-state index in [1.807, 2.05) is 19.9 Å². The first kappa shape index (κ1) is 22.7. The quantitative estimate of drug-likeness (QED) is 0.365. The summed E-state index contributed by atoms with van der Waals surface area (Å²) in [6.07, 6.45) is 2.74. The van der Waals surface area contributed by atoms with Crippen molar-refractivity contribution in [3.8, 4) is 5.69 Å². The number of esters is 1. The van der Waals surface area contributed by atoms with Crippen LogP contribution in [0, 0.1) is 13.8 Å². The van der Waals surface area contributed by atoms with Crippen molar-refractivity contribution in [3.63, 3.8) is 0 Å². The van der Waals surface area contributed by atoms with Crippen LogP contribution in [0.2, 0.25) is 0 Å². The molecule has 0 spiro atoms. The van der Waals surface area contributed by atoms with Gasteiger partial charge < -0.3 is 13.7 Å². The molecule has 3 aromatic rings. The summed E-state index contributed by atoms with van der Waals surface area (Å²) in [5.74, 6) is -0.657. The van der Waals surface area contributed by atoms with Gasteiger partial charge in [-0.1, -0.05) is 19.1 Å². The van der Waals surface area contributed by atoms with E-state index in [4.69, 9.17) is 4.42 Å². The smallest absolute Gasteiger partial charge is 0.373 e. The third-order valence-electron chi connectivity index (χ3n) is 5.60. The van der Waals surface area contributed by atoms with Gasteiger partial charge in [-0.15, -0.1) is 0 Å². The molecule has 0 bridgehead atoms. The van der Waals surface area contributed by atoms with Crippen molar-refractivity contribution in [2.75, 3.05) is 7.11 Å². The molecular formula is C25H24N2O5S. The van der Waals surface area contributed by atoms with E-state index in [0.717, 1.165) is 45.7 Å². The lowest BCUT2D eigenvalue weighted by molar-refractivity contribution is -0.123. The average molecular weight is 465 g/mol. The minimum Gasteiger partial charge on any atom is -0.463 e. The number of furan rings is 1. The summed E-state index contributed by atoms with van der Waals surface area (Å²) in [5.41, 5.74) is 5.22. The second kappa shape index (κ2) is 9.15. The Morgan fingerprint density at radius 2 is 1.85 bits per heavy atom. The van der Waals surface area contributed by atoms with Crippen LogP contribution in [0.3, 0.4) is 0 Å². The fourth-order valence-corrected chi connectivity index (χ4v) is 4.65. The van der Waals surface area contributed by atoms with Gasteiger partial charge in [0.2, 0.25) is 5.76 Å². The normalized spacial score (nSPS) is 15.0. The molecule has 2 aromatic heterocycles. The molecule has 0 aliphatic carbocycles. The molecule has 170 valence electrons. The largest absolute Gasteiger partial charge is 0.463 e. The molecule has 1 saturated heterocycles. The molecule has 0 N–H and O–H groups in total. The van der Waals surface area contributed by atoms with Gasteiger partial charge in [-0.2, -0.15) is 0 Å². The molecule has 0 unspecified atom stereocenters. The lowest BCUT2D eigenvalue weighted by Crippen LogP contribution is -2.27. The van der Waals surface area contributed by atoms with Gasteiger partial charge in [-0.05, 0) is 79.6 Å². The number of hydrogen-bond acceptors (Lipinski definition) is 6. The Morgan fingerprint density at radius 1 is 1.12 bits per heavy atom. The Balaban J connectivity index is 1.57. The number of carbonyl (C=O) groups is 3. The van der Waals surface area contributed by atoms with Crippen molar-refractivity contribution in [3.05, 3.63) is 81.4 Å². The molecule has 1 aromatic carbocycles. The number of ether oxygens (including phenoxy) is 1. The van der Waals surface area contributed by atoms with Gasteiger partial charge >= 0.3 is 5.97 Å². The number of benzene rings is 1. The lowest BCUT2D eigenvalue weighted by atomic mass is 10.1. The second-order valence-electron chi connectivity index (χ2n) is 7.71. The molecule has 0 radical (unpaired) electrons. The number of thioether (sulfide) groups is 1. The Morgan fingerprint density at radius 3 is 2.52 bits per heavy atom. The molecule has 0 atom stereocenters. The van der Waals surface area contributed by atoms with Gasteiger partial charge in [-0.3, -0.25) is 14.5 Å². The van der Waals surface area contributed by atoms with Crippen LogP contribution in [0.15, 0.2) is 51.8 Å². The highest BCUT2D eigenvalue weighted by Crippen LogP contribution is 2.35. The molecule has 1 fully saturated rings. The molecule has 7 nitrogen and oxygen atoms in total. The molecular weight excluding hydrogens is 440 g/mol. The van der Waals surface area contributed by atoms with Crippen molar-refractivity contribution in [2.45, 2.75) is 33.7 Å². The molecule has 1 aliphatic rings. The van der Waals surface area contributed by atoms with Crippen molar-refractivity contribution in [1.82, 2.24) is 9.47 Å². The summed E-state index contributed by atoms with van der Waals surface area (Å²) in [6, 6.07) is 13.4. The minimum atomic E-state index is -0.616. The predicted molar refractivity (Wildman–Crippen MR) is 126 cm³/mol. The fraction of sp³-hybridized carbons (Fsp3) is 0.240. The molecule has 0 saturated carbocycles. The highest BCUT2D eigenvalue weighted by Gasteiger charge is 2.36. The van der Waals surface area contributed by atoms with Gasteiger partial charge in [-0.25, -0.2) is 4.79 Å². The average Bonchev–Trinajstić information content (AvgIpc) is 3.47. The number of amides is 2. The SMILES string of the molecule is CCc1ccc(-n2c(C)cc(/C=C3/SC(=O)N(Cc4ccc(C(=O)OC)o4)C3=O)c2C)cc1. The summed E-state index contributed by atoms with van der Waals surface area (Å²) in [4.78, 5) is 38.5. The van der Waals surface area contributed by atoms with E-state index in [9.17, 15) is 14.4 Å². The van der Waals surface area contributed by atoms with Crippen LogP contribution in [-0.2, 0) is 22.5 Å². The number of methoxy groups -OCH3 is 1. The maximum atomic E-state index is 12.9. The standard InChI is InChI=1S/C25H24N2O5S/c1-5-17-6-8-19(9-7-17)27-15(2)12-18(16(27)3)13-22-23(28)26(25(30)33-22)14-20-10-11-21(32-20)24(29)31-4/h6-13H,5,14H2,1-4H3/b22-13+. The Bertz CT molecular complexity index is 1270. The Labute approximate surface area is 196 Å². The van der Waals surface area contributed by atoms with E-state index in [1.165, 1.54) is 18.7 Å². The topological polar surface area (TPSA) is 81.8 Å². The van der Waals surface area contributed by atoms with Gasteiger partial charge in [0, 0.05) is 17.1 Å². The number of imide groups is 1. The summed E-state index contributed by atoms with van der Waals surface area (Å²) in [7, 11) is 1.25. The zero-order valence-corrected chi connectivity index (χ0v) is 19.7. The van der Waals surface area contributed by atoms with Crippen molar-refractivity contribution in [1.29, 1.82) is 0 Å². The summed E-state index contributed by atoms with van der Waals surface area (Å²) < 4.78 is 12.1. The Kier molecular flexibility index (Phi) is 6.29. The fourth-order valence-electron chi connectivity index (χ4n) is 3.82. The Hall–Kier alpha value is -3.52. The van der Waals surface area contributed by atoms with Crippen LogP contribution >= 0.6 is 11.8 Å². The van der Waals surface area contributed by atoms with Crippen LogP contribution in [0.1, 0.15) is 45.8 Å². The van der Waals surface area contributed by atoms with E-state index in [2.05, 4.69) is 40.5 Å². The molecule has 1 aliphatic heterocycles. The van der Waals surface area contributed by atoms with Gasteiger partial charge in [0.15, 0.2) is 0 Å². The van der Waals surface area contributed by atoms with Crippen LogP contribution in [0.25, 0.3) is 11.8 Å². The monoisotopic (exact) mass is 464 g/mol.